The van der Waals surface area contributed by atoms with Crippen LogP contribution >= 0.6 is 0 Å². The first-order valence-corrected chi connectivity index (χ1v) is 5.55. The molecule has 6 nitrogen and oxygen atoms in total. The molecule has 0 aliphatic carbocycles. The molecule has 0 spiro atoms. The van der Waals surface area contributed by atoms with Gasteiger partial charge in [-0.3, -0.25) is 0 Å². The lowest BCUT2D eigenvalue weighted by molar-refractivity contribution is 0.122. The number of aromatic nitrogens is 2. The highest BCUT2D eigenvalue weighted by molar-refractivity contribution is 5.51. The molecule has 1 fully saturated rings. The summed E-state index contributed by atoms with van der Waals surface area (Å²) in [6.45, 7) is 5.03. The van der Waals surface area contributed by atoms with Crippen molar-refractivity contribution in [3.63, 3.8) is 0 Å². The molecule has 1 aliphatic heterocycles. The second-order valence-corrected chi connectivity index (χ2v) is 3.77. The van der Waals surface area contributed by atoms with Gasteiger partial charge in [-0.05, 0) is 6.92 Å². The van der Waals surface area contributed by atoms with Crippen molar-refractivity contribution in [2.24, 2.45) is 0 Å². The Morgan fingerprint density at radius 2 is 1.82 bits per heavy atom. The van der Waals surface area contributed by atoms with E-state index >= 15 is 0 Å². The smallest absolute Gasteiger partial charge is 0.321 e. The van der Waals surface area contributed by atoms with Crippen molar-refractivity contribution < 1.29 is 14.2 Å². The Morgan fingerprint density at radius 1 is 1.12 bits per heavy atom. The molecular formula is C11H17N3O3. The molecule has 0 amide bonds. The largest absolute Gasteiger partial charge is 0.481 e. The van der Waals surface area contributed by atoms with Crippen molar-refractivity contribution in [2.45, 2.75) is 6.92 Å². The summed E-state index contributed by atoms with van der Waals surface area (Å²) < 4.78 is 15.6. The summed E-state index contributed by atoms with van der Waals surface area (Å²) >= 11 is 0. The van der Waals surface area contributed by atoms with Gasteiger partial charge in [-0.15, -0.1) is 0 Å². The van der Waals surface area contributed by atoms with E-state index in [1.807, 2.05) is 6.92 Å². The molecule has 0 N–H and O–H groups in total. The minimum Gasteiger partial charge on any atom is -0.481 e. The number of hydrogen-bond acceptors (Lipinski definition) is 6. The summed E-state index contributed by atoms with van der Waals surface area (Å²) in [7, 11) is 3.14. The third-order valence-corrected chi connectivity index (χ3v) is 2.74. The molecule has 0 atom stereocenters. The summed E-state index contributed by atoms with van der Waals surface area (Å²) in [4.78, 5) is 10.7. The molecule has 0 unspecified atom stereocenters. The highest BCUT2D eigenvalue weighted by Gasteiger charge is 2.19. The number of hydrogen-bond donors (Lipinski definition) is 0. The predicted octanol–water partition coefficient (Wildman–Crippen LogP) is 0.639. The summed E-state index contributed by atoms with van der Waals surface area (Å²) in [6, 6.07) is 0.328. The number of morpholine rings is 1. The molecule has 0 aromatic carbocycles. The Bertz CT molecular complexity index is 392. The molecule has 0 bridgehead atoms. The van der Waals surface area contributed by atoms with Gasteiger partial charge in [0.05, 0.1) is 33.0 Å². The Kier molecular flexibility index (Phi) is 3.63. The van der Waals surface area contributed by atoms with Crippen LogP contribution in [0.4, 0.5) is 5.82 Å². The van der Waals surface area contributed by atoms with E-state index in [1.165, 1.54) is 0 Å². The molecule has 0 saturated carbocycles. The first kappa shape index (κ1) is 11.9. The van der Waals surface area contributed by atoms with Gasteiger partial charge in [-0.25, -0.2) is 0 Å². The summed E-state index contributed by atoms with van der Waals surface area (Å²) in [6.07, 6.45) is 0. The Balaban J connectivity index is 2.36. The zero-order valence-electron chi connectivity index (χ0n) is 10.4. The van der Waals surface area contributed by atoms with Crippen LogP contribution in [-0.2, 0) is 4.74 Å². The quantitative estimate of drug-likeness (QED) is 0.771. The van der Waals surface area contributed by atoms with Crippen LogP contribution in [0.5, 0.6) is 11.9 Å². The second-order valence-electron chi connectivity index (χ2n) is 3.77. The lowest BCUT2D eigenvalue weighted by Crippen LogP contribution is -2.37. The molecule has 0 radical (unpaired) electrons. The fourth-order valence-corrected chi connectivity index (χ4v) is 1.84. The van der Waals surface area contributed by atoms with Gasteiger partial charge in [0, 0.05) is 13.1 Å². The minimum absolute atomic E-state index is 0.328. The summed E-state index contributed by atoms with van der Waals surface area (Å²) in [5.74, 6) is 1.41. The first-order chi connectivity index (χ1) is 8.26. The maximum absolute atomic E-state index is 5.33. The van der Waals surface area contributed by atoms with Crippen LogP contribution < -0.4 is 14.4 Å². The van der Waals surface area contributed by atoms with Crippen LogP contribution in [0.15, 0.2) is 0 Å². The van der Waals surface area contributed by atoms with Gasteiger partial charge >= 0.3 is 6.01 Å². The maximum Gasteiger partial charge on any atom is 0.321 e. The number of ether oxygens (including phenoxy) is 3. The molecule has 2 heterocycles. The lowest BCUT2D eigenvalue weighted by Gasteiger charge is -2.29. The van der Waals surface area contributed by atoms with E-state index < -0.39 is 0 Å². The van der Waals surface area contributed by atoms with E-state index in [0.29, 0.717) is 25.1 Å². The highest BCUT2D eigenvalue weighted by atomic mass is 16.5. The molecule has 1 aromatic heterocycles. The van der Waals surface area contributed by atoms with Gasteiger partial charge < -0.3 is 19.1 Å². The van der Waals surface area contributed by atoms with Crippen LogP contribution in [0.1, 0.15) is 5.56 Å². The van der Waals surface area contributed by atoms with E-state index in [0.717, 1.165) is 24.5 Å². The standard InChI is InChI=1S/C11H17N3O3/c1-8-9(14-4-6-17-7-5-14)12-11(16-3)13-10(8)15-2/h4-7H2,1-3H3. The average molecular weight is 239 g/mol. The van der Waals surface area contributed by atoms with E-state index in [4.69, 9.17) is 14.2 Å². The third-order valence-electron chi connectivity index (χ3n) is 2.74. The molecule has 1 saturated heterocycles. The predicted molar refractivity (Wildman–Crippen MR) is 62.9 cm³/mol. The Morgan fingerprint density at radius 3 is 2.41 bits per heavy atom. The molecule has 1 aromatic rings. The number of anilines is 1. The Labute approximate surface area is 101 Å². The molecule has 17 heavy (non-hydrogen) atoms. The fourth-order valence-electron chi connectivity index (χ4n) is 1.84. The summed E-state index contributed by atoms with van der Waals surface area (Å²) in [5, 5.41) is 0. The van der Waals surface area contributed by atoms with Gasteiger partial charge in [-0.2, -0.15) is 9.97 Å². The van der Waals surface area contributed by atoms with Crippen LogP contribution in [-0.4, -0.2) is 50.5 Å². The van der Waals surface area contributed by atoms with Gasteiger partial charge in [0.25, 0.3) is 0 Å². The van der Waals surface area contributed by atoms with Crippen molar-refractivity contribution >= 4 is 5.82 Å². The van der Waals surface area contributed by atoms with E-state index in [1.54, 1.807) is 14.2 Å². The van der Waals surface area contributed by atoms with E-state index in [-0.39, 0.29) is 0 Å². The van der Waals surface area contributed by atoms with Crippen molar-refractivity contribution in [3.05, 3.63) is 5.56 Å². The van der Waals surface area contributed by atoms with Crippen LogP contribution in [0.25, 0.3) is 0 Å². The van der Waals surface area contributed by atoms with Crippen molar-refractivity contribution in [3.8, 4) is 11.9 Å². The van der Waals surface area contributed by atoms with Crippen molar-refractivity contribution in [2.75, 3.05) is 45.4 Å². The topological polar surface area (TPSA) is 56.7 Å². The molecule has 6 heteroatoms. The number of rotatable bonds is 3. The molecule has 1 aliphatic rings. The molecule has 2 rings (SSSR count). The van der Waals surface area contributed by atoms with Crippen LogP contribution in [0.2, 0.25) is 0 Å². The zero-order chi connectivity index (χ0) is 12.3. The summed E-state index contributed by atoms with van der Waals surface area (Å²) in [5.41, 5.74) is 0.926. The monoisotopic (exact) mass is 239 g/mol. The van der Waals surface area contributed by atoms with E-state index in [9.17, 15) is 0 Å². The molecular weight excluding hydrogens is 222 g/mol. The van der Waals surface area contributed by atoms with Gasteiger partial charge in [0.2, 0.25) is 5.88 Å². The highest BCUT2D eigenvalue weighted by Crippen LogP contribution is 2.27. The van der Waals surface area contributed by atoms with Crippen molar-refractivity contribution in [1.29, 1.82) is 0 Å². The van der Waals surface area contributed by atoms with Crippen LogP contribution in [0, 0.1) is 6.92 Å². The number of methoxy groups -OCH3 is 2. The number of nitrogens with zero attached hydrogens (tertiary/aromatic N) is 3. The molecule has 94 valence electrons. The first-order valence-electron chi connectivity index (χ1n) is 5.55. The average Bonchev–Trinajstić information content (AvgIpc) is 2.40. The Hall–Kier alpha value is -1.56. The lowest BCUT2D eigenvalue weighted by atomic mass is 10.3. The second kappa shape index (κ2) is 5.18. The van der Waals surface area contributed by atoms with Crippen molar-refractivity contribution in [1.82, 2.24) is 9.97 Å². The van der Waals surface area contributed by atoms with Gasteiger partial charge in [-0.1, -0.05) is 0 Å². The van der Waals surface area contributed by atoms with Crippen LogP contribution in [0.3, 0.4) is 0 Å². The van der Waals surface area contributed by atoms with Gasteiger partial charge in [0.1, 0.15) is 5.82 Å². The minimum atomic E-state index is 0.328. The normalized spacial score (nSPS) is 15.8. The van der Waals surface area contributed by atoms with E-state index in [2.05, 4.69) is 14.9 Å². The third kappa shape index (κ3) is 2.41. The SMILES string of the molecule is COc1nc(OC)c(C)c(N2CCOCC2)n1. The zero-order valence-corrected chi connectivity index (χ0v) is 10.4. The fraction of sp³-hybridized carbons (Fsp3) is 0.636. The van der Waals surface area contributed by atoms with Gasteiger partial charge in [0.15, 0.2) is 0 Å². The maximum atomic E-state index is 5.33.